The van der Waals surface area contributed by atoms with E-state index in [0.717, 1.165) is 19.4 Å². The molecule has 4 heteroatoms. The van der Waals surface area contributed by atoms with Crippen molar-refractivity contribution in [2.24, 2.45) is 0 Å². The molecule has 1 rings (SSSR count). The summed E-state index contributed by atoms with van der Waals surface area (Å²) in [5, 5.41) is 3.44. The van der Waals surface area contributed by atoms with Gasteiger partial charge in [0.15, 0.2) is 6.29 Å². The van der Waals surface area contributed by atoms with Gasteiger partial charge in [0.05, 0.1) is 6.61 Å². The van der Waals surface area contributed by atoms with Crippen molar-refractivity contribution in [2.45, 2.75) is 51.2 Å². The van der Waals surface area contributed by atoms with E-state index in [1.165, 1.54) is 19.3 Å². The van der Waals surface area contributed by atoms with Crippen molar-refractivity contribution in [2.75, 3.05) is 13.2 Å². The van der Waals surface area contributed by atoms with Crippen LogP contribution in [0.4, 0.5) is 0 Å². The zero-order valence-electron chi connectivity index (χ0n) is 11.1. The molecule has 0 heterocycles. The van der Waals surface area contributed by atoms with Crippen LogP contribution in [0, 0.1) is 0 Å². The fourth-order valence-electron chi connectivity index (χ4n) is 2.04. The van der Waals surface area contributed by atoms with Crippen LogP contribution in [-0.4, -0.2) is 37.4 Å². The molecule has 0 spiro atoms. The highest BCUT2D eigenvalue weighted by atomic mass is 16.5. The highest BCUT2D eigenvalue weighted by Gasteiger charge is 2.12. The minimum Gasteiger partial charge on any atom is -0.369 e. The van der Waals surface area contributed by atoms with E-state index in [1.54, 1.807) is 6.92 Å². The van der Waals surface area contributed by atoms with Crippen LogP contribution in [0.3, 0.4) is 0 Å². The molecule has 0 saturated heterocycles. The molecule has 1 aliphatic carbocycles. The molecule has 2 unspecified atom stereocenters. The van der Waals surface area contributed by atoms with Crippen molar-refractivity contribution >= 4 is 12.1 Å². The largest absolute Gasteiger partial charge is 0.369 e. The van der Waals surface area contributed by atoms with E-state index in [1.807, 2.05) is 0 Å². The van der Waals surface area contributed by atoms with Gasteiger partial charge >= 0.3 is 0 Å². The van der Waals surface area contributed by atoms with Gasteiger partial charge < -0.3 is 10.1 Å². The summed E-state index contributed by atoms with van der Waals surface area (Å²) in [5.74, 6) is -0.494. The molecule has 0 saturated carbocycles. The Balaban J connectivity index is 2.11. The third kappa shape index (κ3) is 6.07. The van der Waals surface area contributed by atoms with Crippen LogP contribution in [0.5, 0.6) is 0 Å². The van der Waals surface area contributed by atoms with Crippen molar-refractivity contribution in [3.05, 3.63) is 12.2 Å². The normalized spacial score (nSPS) is 23.7. The Bertz CT molecular complexity index is 289. The number of Topliss-reactive ketones (excluding diaryl/α,β-unsaturated/α-hetero) is 1. The Morgan fingerprint density at radius 1 is 1.44 bits per heavy atom. The number of carbonyl (C=O) groups excluding carboxylic acids is 2. The van der Waals surface area contributed by atoms with Gasteiger partial charge in [-0.3, -0.25) is 9.59 Å². The smallest absolute Gasteiger partial charge is 0.223 e. The number of carbonyl (C=O) groups is 2. The number of rotatable bonds is 7. The SMILES string of the molecule is CC(OCCNC1CC/C=C/CCC1)C(=O)C=O. The van der Waals surface area contributed by atoms with Crippen molar-refractivity contribution in [1.82, 2.24) is 5.32 Å². The molecule has 1 aliphatic rings. The number of ether oxygens (including phenoxy) is 1. The van der Waals surface area contributed by atoms with Crippen molar-refractivity contribution < 1.29 is 14.3 Å². The molecule has 18 heavy (non-hydrogen) atoms. The molecule has 0 aromatic carbocycles. The molecule has 1 N–H and O–H groups in total. The third-order valence-corrected chi connectivity index (χ3v) is 3.19. The van der Waals surface area contributed by atoms with Crippen LogP contribution in [-0.2, 0) is 14.3 Å². The lowest BCUT2D eigenvalue weighted by Gasteiger charge is -2.19. The molecule has 0 radical (unpaired) electrons. The van der Waals surface area contributed by atoms with Gasteiger partial charge in [0.2, 0.25) is 5.78 Å². The van der Waals surface area contributed by atoms with Gasteiger partial charge in [-0.1, -0.05) is 12.2 Å². The zero-order valence-corrected chi connectivity index (χ0v) is 11.1. The summed E-state index contributed by atoms with van der Waals surface area (Å²) >= 11 is 0. The number of hydrogen-bond acceptors (Lipinski definition) is 4. The Morgan fingerprint density at radius 2 is 2.22 bits per heavy atom. The van der Waals surface area contributed by atoms with E-state index in [9.17, 15) is 9.59 Å². The molecule has 0 aromatic heterocycles. The van der Waals surface area contributed by atoms with E-state index < -0.39 is 11.9 Å². The average Bonchev–Trinajstić information content (AvgIpc) is 2.35. The lowest BCUT2D eigenvalue weighted by atomic mass is 10.0. The first-order chi connectivity index (χ1) is 8.74. The summed E-state index contributed by atoms with van der Waals surface area (Å²) in [4.78, 5) is 21.2. The first-order valence-electron chi connectivity index (χ1n) is 6.73. The van der Waals surface area contributed by atoms with Gasteiger partial charge in [0.1, 0.15) is 6.10 Å². The summed E-state index contributed by atoms with van der Waals surface area (Å²) in [6.07, 6.45) is 10.0. The number of ketones is 1. The van der Waals surface area contributed by atoms with E-state index >= 15 is 0 Å². The quantitative estimate of drug-likeness (QED) is 0.324. The van der Waals surface area contributed by atoms with Gasteiger partial charge in [-0.15, -0.1) is 0 Å². The Labute approximate surface area is 109 Å². The molecule has 4 nitrogen and oxygen atoms in total. The zero-order chi connectivity index (χ0) is 13.2. The summed E-state index contributed by atoms with van der Waals surface area (Å²) in [6, 6.07) is 0.538. The number of allylic oxidation sites excluding steroid dienone is 2. The summed E-state index contributed by atoms with van der Waals surface area (Å²) in [6.45, 7) is 2.80. The first-order valence-corrected chi connectivity index (χ1v) is 6.73. The predicted molar refractivity (Wildman–Crippen MR) is 70.5 cm³/mol. The van der Waals surface area contributed by atoms with Crippen LogP contribution in [0.1, 0.15) is 39.0 Å². The van der Waals surface area contributed by atoms with E-state index in [-0.39, 0.29) is 0 Å². The van der Waals surface area contributed by atoms with Crippen LogP contribution in [0.25, 0.3) is 0 Å². The predicted octanol–water partition coefficient (Wildman–Crippen LogP) is 1.64. The van der Waals surface area contributed by atoms with E-state index in [0.29, 0.717) is 18.9 Å². The van der Waals surface area contributed by atoms with Gasteiger partial charge in [0.25, 0.3) is 0 Å². The Kier molecular flexibility index (Phi) is 7.53. The fraction of sp³-hybridized carbons (Fsp3) is 0.714. The molecule has 0 fully saturated rings. The standard InChI is InChI=1S/C14H23NO3/c1-12(14(17)11-16)18-10-9-15-13-7-5-3-2-4-6-8-13/h2-3,11-13,15H,4-10H2,1H3/b3-2+. The highest BCUT2D eigenvalue weighted by molar-refractivity contribution is 6.26. The Morgan fingerprint density at radius 3 is 3.00 bits per heavy atom. The second kappa shape index (κ2) is 9.00. The minimum absolute atomic E-state index is 0.319. The molecular weight excluding hydrogens is 230 g/mol. The van der Waals surface area contributed by atoms with Gasteiger partial charge in [0, 0.05) is 12.6 Å². The number of nitrogens with one attached hydrogen (secondary N) is 1. The molecule has 0 bridgehead atoms. The molecular formula is C14H23NO3. The van der Waals surface area contributed by atoms with Crippen LogP contribution >= 0.6 is 0 Å². The second-order valence-electron chi connectivity index (χ2n) is 4.66. The maximum absolute atomic E-state index is 11.0. The van der Waals surface area contributed by atoms with E-state index in [2.05, 4.69) is 17.5 Å². The lowest BCUT2D eigenvalue weighted by Crippen LogP contribution is -2.34. The van der Waals surface area contributed by atoms with Crippen LogP contribution < -0.4 is 5.32 Å². The van der Waals surface area contributed by atoms with Crippen molar-refractivity contribution in [3.8, 4) is 0 Å². The fourth-order valence-corrected chi connectivity index (χ4v) is 2.04. The van der Waals surface area contributed by atoms with Gasteiger partial charge in [-0.25, -0.2) is 0 Å². The number of hydrogen-bond donors (Lipinski definition) is 1. The molecule has 102 valence electrons. The van der Waals surface area contributed by atoms with Crippen molar-refractivity contribution in [1.29, 1.82) is 0 Å². The van der Waals surface area contributed by atoms with Crippen LogP contribution in [0.15, 0.2) is 12.2 Å². The van der Waals surface area contributed by atoms with Gasteiger partial charge in [-0.05, 0) is 39.0 Å². The second-order valence-corrected chi connectivity index (χ2v) is 4.66. The molecule has 0 aromatic rings. The van der Waals surface area contributed by atoms with E-state index in [4.69, 9.17) is 4.74 Å². The van der Waals surface area contributed by atoms with Gasteiger partial charge in [-0.2, -0.15) is 0 Å². The minimum atomic E-state index is -0.621. The highest BCUT2D eigenvalue weighted by Crippen LogP contribution is 2.11. The average molecular weight is 253 g/mol. The summed E-state index contributed by atoms with van der Waals surface area (Å²) in [7, 11) is 0. The maximum atomic E-state index is 11.0. The first kappa shape index (κ1) is 15.1. The maximum Gasteiger partial charge on any atom is 0.223 e. The topological polar surface area (TPSA) is 55.4 Å². The summed E-state index contributed by atoms with van der Waals surface area (Å²) in [5.41, 5.74) is 0. The molecule has 0 aliphatic heterocycles. The van der Waals surface area contributed by atoms with Crippen molar-refractivity contribution in [3.63, 3.8) is 0 Å². The monoisotopic (exact) mass is 253 g/mol. The lowest BCUT2D eigenvalue weighted by molar-refractivity contribution is -0.137. The number of aldehydes is 1. The Hall–Kier alpha value is -1.00. The van der Waals surface area contributed by atoms with Crippen LogP contribution in [0.2, 0.25) is 0 Å². The molecule has 0 amide bonds. The third-order valence-electron chi connectivity index (χ3n) is 3.19. The summed E-state index contributed by atoms with van der Waals surface area (Å²) < 4.78 is 5.28. The molecule has 2 atom stereocenters.